The molecule has 4 heavy (non-hydrogen) atoms. The molecule has 2 nitrogen and oxygen atoms in total. The van der Waals surface area contributed by atoms with Gasteiger partial charge in [0.15, 0.2) is 0 Å². The van der Waals surface area contributed by atoms with E-state index in [1.54, 1.807) is 0 Å². The van der Waals surface area contributed by atoms with Crippen LogP contribution in [0.15, 0.2) is 0 Å². The first-order chi connectivity index (χ1) is 1.41. The van der Waals surface area contributed by atoms with Crippen molar-refractivity contribution in [1.82, 2.24) is 0 Å². The van der Waals surface area contributed by atoms with Crippen LogP contribution in [0.5, 0.6) is 0 Å². The molecule has 0 radical (unpaired) electrons. The van der Waals surface area contributed by atoms with Gasteiger partial charge in [-0.05, 0) is 0 Å². The van der Waals surface area contributed by atoms with Crippen molar-refractivity contribution in [2.24, 2.45) is 0 Å². The molecular weight excluding hydrogens is 266 g/mol. The Balaban J connectivity index is 0. The van der Waals surface area contributed by atoms with Crippen molar-refractivity contribution in [2.75, 3.05) is 0 Å². The number of hydrogen-bond donors (Lipinski definition) is 0. The predicted octanol–water partition coefficient (Wildman–Crippen LogP) is -0.999. The minimum absolute atomic E-state index is 0. The molecule has 0 aliphatic carbocycles. The Labute approximate surface area is 52.7 Å². The Hall–Kier alpha value is 1.27. The fourth-order valence-corrected chi connectivity index (χ4v) is 0. The quantitative estimate of drug-likeness (QED) is 0.527. The van der Waals surface area contributed by atoms with Gasteiger partial charge in [-0.2, -0.15) is 0 Å². The van der Waals surface area contributed by atoms with Crippen LogP contribution in [0.25, 0.3) is 0 Å². The molecule has 0 aromatic carbocycles. The molecule has 0 saturated heterocycles. The van der Waals surface area contributed by atoms with E-state index in [9.17, 15) is 0 Å². The molecule has 0 amide bonds. The molecule has 0 aliphatic heterocycles. The summed E-state index contributed by atoms with van der Waals surface area (Å²) in [5, 5.41) is 0. The Bertz CT molecular complexity index is 27.0. The average Bonchev–Trinajstić information content (AvgIpc) is 0.918. The van der Waals surface area contributed by atoms with Crippen LogP contribution in [-0.4, -0.2) is 47.0 Å². The Kier molecular flexibility index (Phi) is 19.9. The van der Waals surface area contributed by atoms with Crippen molar-refractivity contribution in [3.63, 3.8) is 0 Å². The van der Waals surface area contributed by atoms with Gasteiger partial charge in [-0.3, -0.25) is 0 Å². The second kappa shape index (κ2) is 8.86. The minimum atomic E-state index is -2.27. The molecule has 16 valence electrons. The van der Waals surface area contributed by atoms with Gasteiger partial charge in [0.05, 0.1) is 0 Å². The summed E-state index contributed by atoms with van der Waals surface area (Å²) < 4.78 is 17.1. The van der Waals surface area contributed by atoms with Crippen molar-refractivity contribution >= 4 is 47.0 Å². The van der Waals surface area contributed by atoms with Gasteiger partial charge in [-0.25, -0.2) is 0 Å². The molecule has 0 spiro atoms. The van der Waals surface area contributed by atoms with Crippen LogP contribution in [-0.2, 0) is 6.15 Å². The molecule has 0 aliphatic rings. The van der Waals surface area contributed by atoms with Gasteiger partial charge >= 0.3 is 53.1 Å². The van der Waals surface area contributed by atoms with Crippen molar-refractivity contribution in [3.05, 3.63) is 0 Å². The molecule has 0 N–H and O–H groups in total. The summed E-state index contributed by atoms with van der Waals surface area (Å²) >= 11 is -2.27. The van der Waals surface area contributed by atoms with E-state index in [1.165, 1.54) is 0 Å². The van der Waals surface area contributed by atoms with E-state index in [0.717, 1.165) is 0 Å². The van der Waals surface area contributed by atoms with Gasteiger partial charge in [0.2, 0.25) is 0 Å². The van der Waals surface area contributed by atoms with Crippen molar-refractivity contribution < 1.29 is 6.15 Å². The van der Waals surface area contributed by atoms with E-state index >= 15 is 0 Å². The third-order valence-corrected chi connectivity index (χ3v) is 0. The van der Waals surface area contributed by atoms with Gasteiger partial charge in [0.25, 0.3) is 0 Å². The summed E-state index contributed by atoms with van der Waals surface area (Å²) in [5.74, 6) is 0. The maximum atomic E-state index is 8.54. The molecule has 0 unspecified atom stereocenters. The van der Waals surface area contributed by atoms with Crippen LogP contribution in [0.4, 0.5) is 0 Å². The summed E-state index contributed by atoms with van der Waals surface area (Å²) in [4.78, 5) is 0. The van der Waals surface area contributed by atoms with E-state index in [2.05, 4.69) is 0 Å². The second-order valence-electron chi connectivity index (χ2n) is 0.0833. The zero-order valence-electron chi connectivity index (χ0n) is 1.89. The summed E-state index contributed by atoms with van der Waals surface area (Å²) in [7, 11) is 0. The van der Waals surface area contributed by atoms with Crippen molar-refractivity contribution in [1.29, 1.82) is 0 Å². The first-order valence-corrected chi connectivity index (χ1v) is 2.74. The second-order valence-corrected chi connectivity index (χ2v) is 0.559. The SMILES string of the molecule is [In+3].[O]=[Sn]=[O]. The third-order valence-electron chi connectivity index (χ3n) is 0. The van der Waals surface area contributed by atoms with Crippen molar-refractivity contribution in [3.8, 4) is 0 Å². The van der Waals surface area contributed by atoms with E-state index in [-0.39, 0.29) is 25.8 Å². The van der Waals surface area contributed by atoms with E-state index in [4.69, 9.17) is 6.15 Å². The molecule has 0 heterocycles. The van der Waals surface area contributed by atoms with Crippen LogP contribution in [0, 0.1) is 0 Å². The molecule has 0 rings (SSSR count). The summed E-state index contributed by atoms with van der Waals surface area (Å²) in [6.45, 7) is 0. The van der Waals surface area contributed by atoms with E-state index in [1.807, 2.05) is 0 Å². The Morgan fingerprint density at radius 1 is 1.25 bits per heavy atom. The van der Waals surface area contributed by atoms with Gasteiger partial charge < -0.3 is 0 Å². The number of rotatable bonds is 0. The summed E-state index contributed by atoms with van der Waals surface area (Å²) in [6.07, 6.45) is 0. The summed E-state index contributed by atoms with van der Waals surface area (Å²) in [6, 6.07) is 0. The molecular formula is InO2Sn+3. The summed E-state index contributed by atoms with van der Waals surface area (Å²) in [5.41, 5.74) is 0. The monoisotopic (exact) mass is 267 g/mol. The van der Waals surface area contributed by atoms with Gasteiger partial charge in [0, 0.05) is 0 Å². The molecule has 0 atom stereocenters. The van der Waals surface area contributed by atoms with Crippen LogP contribution in [0.2, 0.25) is 0 Å². The zero-order chi connectivity index (χ0) is 2.71. The van der Waals surface area contributed by atoms with Gasteiger partial charge in [-0.15, -0.1) is 0 Å². The fraction of sp³-hybridized carbons (Fsp3) is 0. The Morgan fingerprint density at radius 3 is 1.25 bits per heavy atom. The van der Waals surface area contributed by atoms with E-state index in [0.29, 0.717) is 0 Å². The van der Waals surface area contributed by atoms with Gasteiger partial charge in [-0.1, -0.05) is 0 Å². The maximum absolute atomic E-state index is 8.54. The molecule has 0 fully saturated rings. The topological polar surface area (TPSA) is 34.1 Å². The normalized spacial score (nSPS) is 2.00. The van der Waals surface area contributed by atoms with Gasteiger partial charge in [0.1, 0.15) is 0 Å². The third kappa shape index (κ3) is 10.5. The zero-order valence-corrected chi connectivity index (χ0v) is 8.04. The first kappa shape index (κ1) is 8.99. The molecule has 0 aromatic heterocycles. The fourth-order valence-electron chi connectivity index (χ4n) is 0. The van der Waals surface area contributed by atoms with Crippen LogP contribution in [0.3, 0.4) is 0 Å². The van der Waals surface area contributed by atoms with Crippen LogP contribution >= 0.6 is 0 Å². The van der Waals surface area contributed by atoms with Crippen LogP contribution < -0.4 is 0 Å². The standard InChI is InChI=1S/In.2O.Sn/q+3;;;. The van der Waals surface area contributed by atoms with Crippen molar-refractivity contribution in [2.45, 2.75) is 0 Å². The predicted molar refractivity (Wildman–Crippen MR) is 12.9 cm³/mol. The molecule has 0 bridgehead atoms. The first-order valence-electron chi connectivity index (χ1n) is 0.408. The molecule has 0 aromatic rings. The number of hydrogen-bond acceptors (Lipinski definition) is 2. The average molecular weight is 266 g/mol. The molecule has 0 saturated carbocycles. The Morgan fingerprint density at radius 2 is 1.25 bits per heavy atom. The van der Waals surface area contributed by atoms with E-state index < -0.39 is 21.1 Å². The van der Waals surface area contributed by atoms with Crippen LogP contribution in [0.1, 0.15) is 0 Å². The molecule has 4 heteroatoms.